The molecule has 0 N–H and O–H groups in total. The first kappa shape index (κ1) is 12.9. The lowest BCUT2D eigenvalue weighted by Crippen LogP contribution is -1.82. The van der Waals surface area contributed by atoms with Gasteiger partial charge in [0.05, 0.1) is 12.8 Å². The molecule has 3 rings (SSSR count). The molecule has 1 aromatic carbocycles. The fourth-order valence-corrected chi connectivity index (χ4v) is 2.84. The highest BCUT2D eigenvalue weighted by atomic mass is 35.5. The Kier molecular flexibility index (Phi) is 3.84. The van der Waals surface area contributed by atoms with Crippen molar-refractivity contribution in [2.45, 2.75) is 0 Å². The van der Waals surface area contributed by atoms with Gasteiger partial charge in [0.15, 0.2) is 0 Å². The molecule has 0 spiro atoms. The van der Waals surface area contributed by atoms with Crippen LogP contribution in [0.25, 0.3) is 21.3 Å². The number of hydrogen-bond donors (Lipinski definition) is 0. The van der Waals surface area contributed by atoms with Crippen LogP contribution in [-0.2, 0) is 0 Å². The van der Waals surface area contributed by atoms with Crippen molar-refractivity contribution in [3.8, 4) is 17.0 Å². The second-order valence-corrected chi connectivity index (χ2v) is 4.64. The van der Waals surface area contributed by atoms with Gasteiger partial charge in [0, 0.05) is 27.2 Å². The van der Waals surface area contributed by atoms with E-state index in [1.165, 1.54) is 15.6 Å². The minimum Gasteiger partial charge on any atom is -0.497 e. The lowest BCUT2D eigenvalue weighted by atomic mass is 10.1. The summed E-state index contributed by atoms with van der Waals surface area (Å²) in [4.78, 5) is 4.39. The molecule has 4 heteroatoms. The number of methoxy groups -OCH3 is 1. The Hall–Kier alpha value is -1.58. The average Bonchev–Trinajstić information content (AvgIpc) is 2.82. The topological polar surface area (TPSA) is 22.1 Å². The Balaban J connectivity index is 0.00000120. The molecule has 3 aromatic rings. The summed E-state index contributed by atoms with van der Waals surface area (Å²) in [6.07, 6.45) is 1.82. The average molecular weight is 278 g/mol. The number of fused-ring (bicyclic) bond motifs is 1. The molecule has 2 nitrogen and oxygen atoms in total. The number of ether oxygens (including phenoxy) is 1. The molecule has 2 aromatic heterocycles. The zero-order valence-electron chi connectivity index (χ0n) is 9.79. The van der Waals surface area contributed by atoms with Crippen molar-refractivity contribution in [3.63, 3.8) is 0 Å². The van der Waals surface area contributed by atoms with E-state index in [0.717, 1.165) is 11.4 Å². The van der Waals surface area contributed by atoms with Crippen LogP contribution in [-0.4, -0.2) is 12.1 Å². The molecule has 18 heavy (non-hydrogen) atoms. The van der Waals surface area contributed by atoms with Gasteiger partial charge in [0.25, 0.3) is 0 Å². The van der Waals surface area contributed by atoms with Crippen molar-refractivity contribution in [1.29, 1.82) is 0 Å². The zero-order valence-corrected chi connectivity index (χ0v) is 11.4. The maximum atomic E-state index is 5.23. The lowest BCUT2D eigenvalue weighted by molar-refractivity contribution is 0.415. The second-order valence-electron chi connectivity index (χ2n) is 3.73. The van der Waals surface area contributed by atoms with Gasteiger partial charge < -0.3 is 4.74 Å². The summed E-state index contributed by atoms with van der Waals surface area (Å²) in [5, 5.41) is 3.38. The van der Waals surface area contributed by atoms with Gasteiger partial charge in [-0.25, -0.2) is 0 Å². The van der Waals surface area contributed by atoms with Gasteiger partial charge in [0.1, 0.15) is 5.75 Å². The molecule has 2 heterocycles. The minimum absolute atomic E-state index is 0. The van der Waals surface area contributed by atoms with Gasteiger partial charge >= 0.3 is 0 Å². The van der Waals surface area contributed by atoms with E-state index in [1.807, 2.05) is 30.5 Å². The van der Waals surface area contributed by atoms with Gasteiger partial charge in [-0.05, 0) is 30.3 Å². The van der Waals surface area contributed by atoms with Crippen LogP contribution in [0.3, 0.4) is 0 Å². The molecule has 0 atom stereocenters. The SMILES string of the molecule is COc1ccc2c(-c3ccccn3)csc2c1.Cl. The molecular formula is C14H12ClNOS. The van der Waals surface area contributed by atoms with Crippen molar-refractivity contribution < 1.29 is 4.74 Å². The molecule has 0 bridgehead atoms. The molecule has 0 amide bonds. The van der Waals surface area contributed by atoms with E-state index in [1.54, 1.807) is 18.4 Å². The lowest BCUT2D eigenvalue weighted by Gasteiger charge is -2.00. The molecule has 0 aliphatic heterocycles. The first-order valence-corrected chi connectivity index (χ1v) is 6.23. The third-order valence-corrected chi connectivity index (χ3v) is 3.67. The molecule has 0 saturated carbocycles. The molecule has 0 radical (unpaired) electrons. The summed E-state index contributed by atoms with van der Waals surface area (Å²) in [5.41, 5.74) is 2.21. The number of hydrogen-bond acceptors (Lipinski definition) is 3. The van der Waals surface area contributed by atoms with E-state index < -0.39 is 0 Å². The molecule has 92 valence electrons. The molecule has 0 aliphatic carbocycles. The first-order valence-electron chi connectivity index (χ1n) is 5.35. The number of halogens is 1. The van der Waals surface area contributed by atoms with Crippen molar-refractivity contribution >= 4 is 33.8 Å². The number of benzene rings is 1. The summed E-state index contributed by atoms with van der Waals surface area (Å²) >= 11 is 1.72. The highest BCUT2D eigenvalue weighted by Gasteiger charge is 2.07. The first-order chi connectivity index (χ1) is 8.38. The Bertz CT molecular complexity index is 651. The van der Waals surface area contributed by atoms with Gasteiger partial charge in [-0.2, -0.15) is 0 Å². The van der Waals surface area contributed by atoms with Crippen LogP contribution in [0.4, 0.5) is 0 Å². The van der Waals surface area contributed by atoms with Crippen LogP contribution >= 0.6 is 23.7 Å². The summed E-state index contributed by atoms with van der Waals surface area (Å²) in [7, 11) is 1.69. The summed E-state index contributed by atoms with van der Waals surface area (Å²) in [5.74, 6) is 0.895. The third kappa shape index (κ3) is 2.19. The van der Waals surface area contributed by atoms with E-state index in [9.17, 15) is 0 Å². The summed E-state index contributed by atoms with van der Waals surface area (Å²) in [6, 6.07) is 12.1. The van der Waals surface area contributed by atoms with Crippen LogP contribution in [0, 0.1) is 0 Å². The van der Waals surface area contributed by atoms with Crippen molar-refractivity contribution in [2.24, 2.45) is 0 Å². The Morgan fingerprint density at radius 3 is 2.78 bits per heavy atom. The van der Waals surface area contributed by atoms with E-state index in [0.29, 0.717) is 0 Å². The number of aromatic nitrogens is 1. The van der Waals surface area contributed by atoms with Gasteiger partial charge in [0.2, 0.25) is 0 Å². The normalized spacial score (nSPS) is 10.1. The van der Waals surface area contributed by atoms with Gasteiger partial charge in [-0.3, -0.25) is 4.98 Å². The van der Waals surface area contributed by atoms with Crippen molar-refractivity contribution in [1.82, 2.24) is 4.98 Å². The van der Waals surface area contributed by atoms with Crippen LogP contribution in [0.15, 0.2) is 48.0 Å². The van der Waals surface area contributed by atoms with E-state index in [4.69, 9.17) is 4.74 Å². The maximum absolute atomic E-state index is 5.23. The second kappa shape index (κ2) is 5.38. The number of rotatable bonds is 2. The zero-order chi connectivity index (χ0) is 11.7. The van der Waals surface area contributed by atoms with E-state index in [-0.39, 0.29) is 12.4 Å². The Morgan fingerprint density at radius 1 is 1.17 bits per heavy atom. The smallest absolute Gasteiger partial charge is 0.120 e. The van der Waals surface area contributed by atoms with Crippen molar-refractivity contribution in [3.05, 3.63) is 48.0 Å². The third-order valence-electron chi connectivity index (χ3n) is 2.72. The predicted octanol–water partition coefficient (Wildman–Crippen LogP) is 4.39. The minimum atomic E-state index is 0. The highest BCUT2D eigenvalue weighted by Crippen LogP contribution is 2.34. The fraction of sp³-hybridized carbons (Fsp3) is 0.0714. The largest absolute Gasteiger partial charge is 0.497 e. The predicted molar refractivity (Wildman–Crippen MR) is 78.9 cm³/mol. The number of thiophene rings is 1. The number of nitrogens with zero attached hydrogens (tertiary/aromatic N) is 1. The van der Waals surface area contributed by atoms with Crippen LogP contribution < -0.4 is 4.74 Å². The molecular weight excluding hydrogens is 266 g/mol. The Morgan fingerprint density at radius 2 is 2.06 bits per heavy atom. The highest BCUT2D eigenvalue weighted by molar-refractivity contribution is 7.17. The molecule has 0 saturated heterocycles. The van der Waals surface area contributed by atoms with Crippen LogP contribution in [0.1, 0.15) is 0 Å². The molecule has 0 aliphatic rings. The fourth-order valence-electron chi connectivity index (χ4n) is 1.86. The molecule has 0 fully saturated rings. The van der Waals surface area contributed by atoms with Crippen LogP contribution in [0.2, 0.25) is 0 Å². The summed E-state index contributed by atoms with van der Waals surface area (Å²) < 4.78 is 6.46. The van der Waals surface area contributed by atoms with Crippen molar-refractivity contribution in [2.75, 3.05) is 7.11 Å². The standard InChI is InChI=1S/C14H11NOS.ClH/c1-16-10-5-6-11-12(9-17-14(11)8-10)13-4-2-3-7-15-13;/h2-9H,1H3;1H. The quantitative estimate of drug-likeness (QED) is 0.693. The maximum Gasteiger partial charge on any atom is 0.120 e. The van der Waals surface area contributed by atoms with Gasteiger partial charge in [-0.1, -0.05) is 6.07 Å². The van der Waals surface area contributed by atoms with Gasteiger partial charge in [-0.15, -0.1) is 23.7 Å². The van der Waals surface area contributed by atoms with E-state index in [2.05, 4.69) is 22.5 Å². The monoisotopic (exact) mass is 277 g/mol. The molecule has 0 unspecified atom stereocenters. The summed E-state index contributed by atoms with van der Waals surface area (Å²) in [6.45, 7) is 0. The Labute approximate surface area is 116 Å². The van der Waals surface area contributed by atoms with Crippen LogP contribution in [0.5, 0.6) is 5.75 Å². The van der Waals surface area contributed by atoms with E-state index >= 15 is 0 Å². The number of pyridine rings is 1.